The molecule has 0 radical (unpaired) electrons. The first kappa shape index (κ1) is 19.2. The van der Waals surface area contributed by atoms with Crippen molar-refractivity contribution in [1.29, 1.82) is 0 Å². The fourth-order valence-corrected chi connectivity index (χ4v) is 4.16. The van der Waals surface area contributed by atoms with Crippen LogP contribution in [-0.2, 0) is 10.0 Å². The van der Waals surface area contributed by atoms with Crippen LogP contribution in [0.2, 0.25) is 0 Å². The van der Waals surface area contributed by atoms with E-state index in [0.29, 0.717) is 5.92 Å². The highest BCUT2D eigenvalue weighted by Gasteiger charge is 2.22. The van der Waals surface area contributed by atoms with Crippen LogP contribution >= 0.6 is 0 Å². The minimum atomic E-state index is -4.02. The van der Waals surface area contributed by atoms with Crippen molar-refractivity contribution in [1.82, 2.24) is 0 Å². The molecule has 2 aromatic carbocycles. The Kier molecular flexibility index (Phi) is 5.36. The largest absolute Gasteiger partial charge is 0.478 e. The zero-order chi connectivity index (χ0) is 19.6. The van der Waals surface area contributed by atoms with Crippen LogP contribution in [0.5, 0.6) is 0 Å². The fourth-order valence-electron chi connectivity index (χ4n) is 3.08. The van der Waals surface area contributed by atoms with E-state index < -0.39 is 21.8 Å². The second-order valence-corrected chi connectivity index (χ2v) is 8.45. The summed E-state index contributed by atoms with van der Waals surface area (Å²) in [6, 6.07) is 8.98. The molecule has 27 heavy (non-hydrogen) atoms. The number of halogens is 1. The predicted octanol–water partition coefficient (Wildman–Crippen LogP) is 3.56. The van der Waals surface area contributed by atoms with E-state index in [1.807, 2.05) is 0 Å². The molecule has 2 N–H and O–H groups in total. The van der Waals surface area contributed by atoms with E-state index >= 15 is 0 Å². The molecule has 3 rings (SSSR count). The topological polar surface area (TPSA) is 86.7 Å². The van der Waals surface area contributed by atoms with Gasteiger partial charge in [-0.15, -0.1) is 0 Å². The van der Waals surface area contributed by atoms with Gasteiger partial charge >= 0.3 is 5.97 Å². The lowest BCUT2D eigenvalue weighted by Crippen LogP contribution is -2.32. The summed E-state index contributed by atoms with van der Waals surface area (Å²) in [5.41, 5.74) is 0.599. The van der Waals surface area contributed by atoms with Gasteiger partial charge in [-0.2, -0.15) is 0 Å². The van der Waals surface area contributed by atoms with Crippen LogP contribution in [0.1, 0.15) is 30.1 Å². The highest BCUT2D eigenvalue weighted by molar-refractivity contribution is 7.92. The molecule has 0 amide bonds. The molecule has 0 spiro atoms. The Bertz CT molecular complexity index is 937. The van der Waals surface area contributed by atoms with Crippen LogP contribution in [0.3, 0.4) is 0 Å². The Balaban J connectivity index is 1.89. The molecule has 1 heterocycles. The first-order valence-corrected chi connectivity index (χ1v) is 10.2. The van der Waals surface area contributed by atoms with Crippen molar-refractivity contribution in [3.05, 3.63) is 53.8 Å². The number of aromatic carboxylic acids is 1. The van der Waals surface area contributed by atoms with Crippen molar-refractivity contribution in [3.63, 3.8) is 0 Å². The van der Waals surface area contributed by atoms with Gasteiger partial charge in [0.1, 0.15) is 5.82 Å². The molecule has 0 unspecified atom stereocenters. The van der Waals surface area contributed by atoms with E-state index in [9.17, 15) is 22.7 Å². The van der Waals surface area contributed by atoms with E-state index in [4.69, 9.17) is 0 Å². The van der Waals surface area contributed by atoms with Crippen LogP contribution in [0.15, 0.2) is 47.4 Å². The minimum Gasteiger partial charge on any atom is -0.478 e. The summed E-state index contributed by atoms with van der Waals surface area (Å²) < 4.78 is 40.3. The second-order valence-electron chi connectivity index (χ2n) is 6.76. The van der Waals surface area contributed by atoms with Crippen molar-refractivity contribution >= 4 is 27.4 Å². The molecule has 1 aliphatic heterocycles. The molecule has 144 valence electrons. The van der Waals surface area contributed by atoms with Crippen molar-refractivity contribution in [2.45, 2.75) is 24.7 Å². The number of carboxylic acids is 1. The number of anilines is 2. The lowest BCUT2D eigenvalue weighted by Gasteiger charge is -2.32. The van der Waals surface area contributed by atoms with Crippen LogP contribution in [0.25, 0.3) is 0 Å². The molecule has 0 saturated carbocycles. The Morgan fingerprint density at radius 2 is 1.78 bits per heavy atom. The first-order valence-electron chi connectivity index (χ1n) is 8.67. The molecule has 1 aliphatic rings. The summed E-state index contributed by atoms with van der Waals surface area (Å²) in [7, 11) is -4.02. The number of hydrogen-bond donors (Lipinski definition) is 2. The van der Waals surface area contributed by atoms with Crippen LogP contribution in [0, 0.1) is 11.7 Å². The van der Waals surface area contributed by atoms with Crippen LogP contribution < -0.4 is 9.62 Å². The van der Waals surface area contributed by atoms with E-state index in [2.05, 4.69) is 16.5 Å². The molecule has 8 heteroatoms. The standard InChI is InChI=1S/C19H21FN2O4S/c1-13-8-10-22(11-9-13)15-4-7-18(17(12-15)19(23)24)21-27(25,26)16-5-2-14(20)3-6-16/h2-7,12-13,21H,8-11H2,1H3,(H,23,24). The fraction of sp³-hybridized carbons (Fsp3) is 0.316. The number of sulfonamides is 1. The van der Waals surface area contributed by atoms with Gasteiger partial charge in [0.15, 0.2) is 0 Å². The Labute approximate surface area is 157 Å². The van der Waals surface area contributed by atoms with Crippen LogP contribution in [0.4, 0.5) is 15.8 Å². The summed E-state index contributed by atoms with van der Waals surface area (Å²) in [5.74, 6) is -1.14. The summed E-state index contributed by atoms with van der Waals surface area (Å²) in [4.78, 5) is 13.6. The van der Waals surface area contributed by atoms with Crippen molar-refractivity contribution in [3.8, 4) is 0 Å². The van der Waals surface area contributed by atoms with Gasteiger partial charge in [-0.25, -0.2) is 17.6 Å². The average Bonchev–Trinajstić information content (AvgIpc) is 2.62. The number of benzene rings is 2. The van der Waals surface area contributed by atoms with Gasteiger partial charge < -0.3 is 10.0 Å². The number of nitrogens with one attached hydrogen (secondary N) is 1. The molecule has 0 aromatic heterocycles. The van der Waals surface area contributed by atoms with Crippen molar-refractivity contribution < 1.29 is 22.7 Å². The van der Waals surface area contributed by atoms with Gasteiger partial charge in [0.05, 0.1) is 16.1 Å². The third-order valence-electron chi connectivity index (χ3n) is 4.75. The van der Waals surface area contributed by atoms with Gasteiger partial charge in [-0.05, 0) is 61.2 Å². The smallest absolute Gasteiger partial charge is 0.337 e. The zero-order valence-corrected chi connectivity index (χ0v) is 15.7. The predicted molar refractivity (Wildman–Crippen MR) is 101 cm³/mol. The maximum absolute atomic E-state index is 13.0. The molecular formula is C19H21FN2O4S. The summed E-state index contributed by atoms with van der Waals surface area (Å²) >= 11 is 0. The lowest BCUT2D eigenvalue weighted by molar-refractivity contribution is 0.0698. The Hall–Kier alpha value is -2.61. The SMILES string of the molecule is CC1CCN(c2ccc(NS(=O)(=O)c3ccc(F)cc3)c(C(=O)O)c2)CC1. The summed E-state index contributed by atoms with van der Waals surface area (Å²) in [5, 5.41) is 9.53. The zero-order valence-electron chi connectivity index (χ0n) is 14.9. The quantitative estimate of drug-likeness (QED) is 0.812. The van der Waals surface area contributed by atoms with Gasteiger partial charge in [0.25, 0.3) is 10.0 Å². The summed E-state index contributed by atoms with van der Waals surface area (Å²) in [6.45, 7) is 3.86. The third-order valence-corrected chi connectivity index (χ3v) is 6.13. The van der Waals surface area contributed by atoms with E-state index in [1.54, 1.807) is 6.07 Å². The normalized spacial score (nSPS) is 15.6. The molecule has 0 atom stereocenters. The maximum atomic E-state index is 13.0. The van der Waals surface area contributed by atoms with Gasteiger partial charge in [-0.1, -0.05) is 6.92 Å². The average molecular weight is 392 g/mol. The number of nitrogens with zero attached hydrogens (tertiary/aromatic N) is 1. The number of rotatable bonds is 5. The van der Waals surface area contributed by atoms with Crippen molar-refractivity contribution in [2.75, 3.05) is 22.7 Å². The monoisotopic (exact) mass is 392 g/mol. The number of hydrogen-bond acceptors (Lipinski definition) is 4. The highest BCUT2D eigenvalue weighted by Crippen LogP contribution is 2.28. The molecular weight excluding hydrogens is 371 g/mol. The molecule has 1 fully saturated rings. The van der Waals surface area contributed by atoms with Gasteiger partial charge in [0.2, 0.25) is 0 Å². The number of carbonyl (C=O) groups is 1. The maximum Gasteiger partial charge on any atom is 0.337 e. The van der Waals surface area contributed by atoms with E-state index in [0.717, 1.165) is 55.9 Å². The Morgan fingerprint density at radius 3 is 2.37 bits per heavy atom. The second kappa shape index (κ2) is 7.56. The minimum absolute atomic E-state index is 0.0269. The number of carboxylic acid groups (broad SMARTS) is 1. The highest BCUT2D eigenvalue weighted by atomic mass is 32.2. The lowest BCUT2D eigenvalue weighted by atomic mass is 9.98. The molecule has 2 aromatic rings. The molecule has 0 aliphatic carbocycles. The summed E-state index contributed by atoms with van der Waals surface area (Å²) in [6.07, 6.45) is 2.06. The van der Waals surface area contributed by atoms with Gasteiger partial charge in [0, 0.05) is 18.8 Å². The van der Waals surface area contributed by atoms with Gasteiger partial charge in [-0.3, -0.25) is 4.72 Å². The molecule has 0 bridgehead atoms. The van der Waals surface area contributed by atoms with E-state index in [-0.39, 0.29) is 16.1 Å². The number of piperidine rings is 1. The van der Waals surface area contributed by atoms with E-state index in [1.165, 1.54) is 12.1 Å². The Morgan fingerprint density at radius 1 is 1.15 bits per heavy atom. The third kappa shape index (κ3) is 4.39. The molecule has 1 saturated heterocycles. The molecule has 6 nitrogen and oxygen atoms in total. The van der Waals surface area contributed by atoms with Crippen molar-refractivity contribution in [2.24, 2.45) is 5.92 Å². The first-order chi connectivity index (χ1) is 12.8. The van der Waals surface area contributed by atoms with Crippen LogP contribution in [-0.4, -0.2) is 32.6 Å².